The van der Waals surface area contributed by atoms with Crippen molar-refractivity contribution in [1.82, 2.24) is 14.9 Å². The Morgan fingerprint density at radius 2 is 2.10 bits per heavy atom. The number of benzene rings is 1. The number of sulfone groups is 1. The van der Waals surface area contributed by atoms with Crippen LogP contribution in [0.4, 0.5) is 0 Å². The van der Waals surface area contributed by atoms with E-state index in [-0.39, 0.29) is 5.92 Å². The van der Waals surface area contributed by atoms with Crippen LogP contribution in [0.5, 0.6) is 0 Å². The van der Waals surface area contributed by atoms with Crippen LogP contribution >= 0.6 is 0 Å². The molecule has 1 atom stereocenters. The van der Waals surface area contributed by atoms with Crippen LogP contribution in [0.3, 0.4) is 0 Å². The smallest absolute Gasteiger partial charge is 0.150 e. The van der Waals surface area contributed by atoms with Crippen molar-refractivity contribution in [3.05, 3.63) is 48.5 Å². The van der Waals surface area contributed by atoms with Crippen molar-refractivity contribution in [2.45, 2.75) is 13.0 Å². The molecule has 6 heteroatoms. The van der Waals surface area contributed by atoms with Crippen molar-refractivity contribution in [2.24, 2.45) is 5.92 Å². The van der Waals surface area contributed by atoms with Gasteiger partial charge in [0.1, 0.15) is 0 Å². The van der Waals surface area contributed by atoms with Gasteiger partial charge in [0.2, 0.25) is 0 Å². The summed E-state index contributed by atoms with van der Waals surface area (Å²) in [5.74, 6) is 0.943. The van der Waals surface area contributed by atoms with Crippen LogP contribution < -0.4 is 5.32 Å². The van der Waals surface area contributed by atoms with E-state index < -0.39 is 9.84 Å². The number of rotatable bonds is 5. The van der Waals surface area contributed by atoms with Crippen molar-refractivity contribution in [3.8, 4) is 5.69 Å². The van der Waals surface area contributed by atoms with E-state index in [1.807, 2.05) is 10.8 Å². The number of nitrogens with zero attached hydrogens (tertiary/aromatic N) is 2. The maximum atomic E-state index is 11.4. The van der Waals surface area contributed by atoms with E-state index in [9.17, 15) is 8.42 Å². The predicted molar refractivity (Wildman–Crippen MR) is 82.0 cm³/mol. The Bertz CT molecular complexity index is 678. The summed E-state index contributed by atoms with van der Waals surface area (Å²) in [4.78, 5) is 4.03. The summed E-state index contributed by atoms with van der Waals surface area (Å²) >= 11 is 0. The van der Waals surface area contributed by atoms with Crippen molar-refractivity contribution in [2.75, 3.05) is 18.1 Å². The molecular formula is C15H19N3O2S. The number of nitrogens with one attached hydrogen (secondary N) is 1. The molecule has 112 valence electrons. The van der Waals surface area contributed by atoms with Gasteiger partial charge in [0.15, 0.2) is 9.84 Å². The molecule has 1 unspecified atom stereocenters. The highest BCUT2D eigenvalue weighted by Gasteiger charge is 2.27. The van der Waals surface area contributed by atoms with Gasteiger partial charge in [-0.15, -0.1) is 0 Å². The second-order valence-electron chi connectivity index (χ2n) is 5.54. The lowest BCUT2D eigenvalue weighted by molar-refractivity contribution is 0.521. The van der Waals surface area contributed by atoms with E-state index >= 15 is 0 Å². The van der Waals surface area contributed by atoms with Gasteiger partial charge in [0.25, 0.3) is 0 Å². The Hall–Kier alpha value is -1.66. The first-order valence-corrected chi connectivity index (χ1v) is 8.93. The summed E-state index contributed by atoms with van der Waals surface area (Å²) in [6.45, 7) is 1.53. The lowest BCUT2D eigenvalue weighted by Gasteiger charge is -2.10. The van der Waals surface area contributed by atoms with Crippen LogP contribution in [0.1, 0.15) is 12.0 Å². The van der Waals surface area contributed by atoms with Crippen LogP contribution in [0.2, 0.25) is 0 Å². The van der Waals surface area contributed by atoms with E-state index in [0.29, 0.717) is 11.5 Å². The first-order chi connectivity index (χ1) is 10.1. The van der Waals surface area contributed by atoms with Crippen molar-refractivity contribution in [3.63, 3.8) is 0 Å². The molecule has 21 heavy (non-hydrogen) atoms. The normalized spacial score (nSPS) is 20.7. The molecule has 1 aliphatic heterocycles. The van der Waals surface area contributed by atoms with Crippen LogP contribution in [-0.4, -0.2) is 36.0 Å². The molecule has 1 aromatic heterocycles. The summed E-state index contributed by atoms with van der Waals surface area (Å²) in [6, 6.07) is 8.26. The molecule has 0 radical (unpaired) electrons. The van der Waals surface area contributed by atoms with Crippen LogP contribution in [-0.2, 0) is 16.4 Å². The van der Waals surface area contributed by atoms with E-state index in [1.165, 1.54) is 5.56 Å². The Balaban J connectivity index is 1.50. The molecule has 5 nitrogen and oxygen atoms in total. The van der Waals surface area contributed by atoms with Gasteiger partial charge < -0.3 is 9.88 Å². The zero-order valence-corrected chi connectivity index (χ0v) is 12.6. The highest BCUT2D eigenvalue weighted by molar-refractivity contribution is 7.91. The zero-order valence-electron chi connectivity index (χ0n) is 11.8. The molecule has 0 aliphatic carbocycles. The summed E-state index contributed by atoms with van der Waals surface area (Å²) in [5.41, 5.74) is 2.28. The SMILES string of the molecule is O=S1(=O)CCC(CNCc2ccc(-n3ccnc3)cc2)C1. The Morgan fingerprint density at radius 1 is 1.29 bits per heavy atom. The summed E-state index contributed by atoms with van der Waals surface area (Å²) in [6.07, 6.45) is 6.22. The third-order valence-electron chi connectivity index (χ3n) is 3.83. The Kier molecular flexibility index (Phi) is 4.07. The molecule has 0 saturated carbocycles. The molecule has 2 heterocycles. The summed E-state index contributed by atoms with van der Waals surface area (Å²) in [5, 5.41) is 3.35. The number of imidazole rings is 1. The van der Waals surface area contributed by atoms with Gasteiger partial charge in [0, 0.05) is 24.6 Å². The average molecular weight is 305 g/mol. The molecule has 0 bridgehead atoms. The van der Waals surface area contributed by atoms with Gasteiger partial charge in [-0.3, -0.25) is 0 Å². The van der Waals surface area contributed by atoms with Gasteiger partial charge >= 0.3 is 0 Å². The minimum Gasteiger partial charge on any atom is -0.312 e. The fraction of sp³-hybridized carbons (Fsp3) is 0.400. The number of hydrogen-bond acceptors (Lipinski definition) is 4. The van der Waals surface area contributed by atoms with Gasteiger partial charge in [0.05, 0.1) is 17.8 Å². The molecule has 1 fully saturated rings. The molecule has 1 saturated heterocycles. The summed E-state index contributed by atoms with van der Waals surface area (Å²) < 4.78 is 24.7. The largest absolute Gasteiger partial charge is 0.312 e. The second kappa shape index (κ2) is 5.99. The molecule has 3 rings (SSSR count). The van der Waals surface area contributed by atoms with Crippen molar-refractivity contribution < 1.29 is 8.42 Å². The molecule has 0 amide bonds. The third kappa shape index (κ3) is 3.71. The maximum Gasteiger partial charge on any atom is 0.150 e. The van der Waals surface area contributed by atoms with Crippen LogP contribution in [0.15, 0.2) is 43.0 Å². The first-order valence-electron chi connectivity index (χ1n) is 7.11. The lowest BCUT2D eigenvalue weighted by Crippen LogP contribution is -2.23. The average Bonchev–Trinajstić information content (AvgIpc) is 3.09. The monoisotopic (exact) mass is 305 g/mol. The second-order valence-corrected chi connectivity index (χ2v) is 7.77. The lowest BCUT2D eigenvalue weighted by atomic mass is 10.1. The minimum absolute atomic E-state index is 0.264. The van der Waals surface area contributed by atoms with Crippen molar-refractivity contribution in [1.29, 1.82) is 0 Å². The van der Waals surface area contributed by atoms with Crippen LogP contribution in [0.25, 0.3) is 5.69 Å². The van der Waals surface area contributed by atoms with Crippen molar-refractivity contribution >= 4 is 9.84 Å². The Morgan fingerprint density at radius 3 is 2.71 bits per heavy atom. The molecule has 1 N–H and O–H groups in total. The van der Waals surface area contributed by atoms with E-state index in [2.05, 4.69) is 34.6 Å². The fourth-order valence-corrected chi connectivity index (χ4v) is 4.51. The summed E-state index contributed by atoms with van der Waals surface area (Å²) in [7, 11) is -2.77. The van der Waals surface area contributed by atoms with Gasteiger partial charge in [-0.2, -0.15) is 0 Å². The first kappa shape index (κ1) is 14.3. The Labute approximate surface area is 124 Å². The predicted octanol–water partition coefficient (Wildman–Crippen LogP) is 1.40. The van der Waals surface area contributed by atoms with Gasteiger partial charge in [-0.25, -0.2) is 13.4 Å². The van der Waals surface area contributed by atoms with Gasteiger partial charge in [-0.05, 0) is 36.6 Å². The third-order valence-corrected chi connectivity index (χ3v) is 5.66. The molecule has 1 aromatic carbocycles. The molecule has 0 spiro atoms. The van der Waals surface area contributed by atoms with Gasteiger partial charge in [-0.1, -0.05) is 12.1 Å². The molecule has 2 aromatic rings. The molecular weight excluding hydrogens is 286 g/mol. The highest BCUT2D eigenvalue weighted by Crippen LogP contribution is 2.17. The van der Waals surface area contributed by atoms with E-state index in [4.69, 9.17) is 0 Å². The van der Waals surface area contributed by atoms with E-state index in [1.54, 1.807) is 12.5 Å². The molecule has 1 aliphatic rings. The fourth-order valence-electron chi connectivity index (χ4n) is 2.65. The van der Waals surface area contributed by atoms with Crippen LogP contribution in [0, 0.1) is 5.92 Å². The minimum atomic E-state index is -2.77. The standard InChI is InChI=1S/C15H19N3O2S/c19-21(20)8-5-14(11-21)10-17-9-13-1-3-15(4-2-13)18-7-6-16-12-18/h1-4,6-7,12,14,17H,5,8-11H2. The zero-order chi connectivity index (χ0) is 14.7. The maximum absolute atomic E-state index is 11.4. The number of hydrogen-bond donors (Lipinski definition) is 1. The topological polar surface area (TPSA) is 64.0 Å². The number of aromatic nitrogens is 2. The highest BCUT2D eigenvalue weighted by atomic mass is 32.2. The van der Waals surface area contributed by atoms with E-state index in [0.717, 1.165) is 25.2 Å². The quantitative estimate of drug-likeness (QED) is 0.907.